The zero-order valence-electron chi connectivity index (χ0n) is 7.55. The van der Waals surface area contributed by atoms with Crippen LogP contribution in [-0.2, 0) is 0 Å². The molecule has 0 aliphatic rings. The fourth-order valence-electron chi connectivity index (χ4n) is 1.37. The summed E-state index contributed by atoms with van der Waals surface area (Å²) in [4.78, 5) is 0. The summed E-state index contributed by atoms with van der Waals surface area (Å²) in [6, 6.07) is 7.78. The van der Waals surface area contributed by atoms with Crippen LogP contribution in [-0.4, -0.2) is 0 Å². The number of furan rings is 1. The van der Waals surface area contributed by atoms with Crippen LogP contribution < -0.4 is 0 Å². The normalized spacial score (nSPS) is 10.5. The van der Waals surface area contributed by atoms with Gasteiger partial charge in [-0.3, -0.25) is 0 Å². The molecule has 0 N–H and O–H groups in total. The quantitative estimate of drug-likeness (QED) is 0.734. The average Bonchev–Trinajstić information content (AvgIpc) is 2.57. The fourth-order valence-corrected chi connectivity index (χ4v) is 1.89. The van der Waals surface area contributed by atoms with Crippen molar-refractivity contribution in [1.82, 2.24) is 0 Å². The van der Waals surface area contributed by atoms with Gasteiger partial charge in [0.05, 0.1) is 6.26 Å². The monoisotopic (exact) mass is 270 g/mol. The molecule has 3 heteroatoms. The van der Waals surface area contributed by atoms with Crippen molar-refractivity contribution in [1.29, 1.82) is 0 Å². The lowest BCUT2D eigenvalue weighted by Crippen LogP contribution is -1.81. The molecule has 0 radical (unpaired) electrons. The molecule has 2 aromatic rings. The molecule has 0 atom stereocenters. The van der Waals surface area contributed by atoms with E-state index in [0.717, 1.165) is 26.4 Å². The lowest BCUT2D eigenvalue weighted by molar-refractivity contribution is 0.542. The third-order valence-electron chi connectivity index (χ3n) is 2.15. The molecule has 72 valence electrons. The summed E-state index contributed by atoms with van der Waals surface area (Å²) in [5.74, 6) is 0. The first-order chi connectivity index (χ1) is 6.68. The Morgan fingerprint density at radius 2 is 2.14 bits per heavy atom. The molecule has 0 fully saturated rings. The van der Waals surface area contributed by atoms with E-state index in [9.17, 15) is 0 Å². The smallest absolute Gasteiger partial charge is 0.169 e. The Morgan fingerprint density at radius 3 is 2.79 bits per heavy atom. The van der Waals surface area contributed by atoms with Crippen LogP contribution in [0, 0.1) is 6.92 Å². The van der Waals surface area contributed by atoms with Crippen LogP contribution in [0.4, 0.5) is 0 Å². The van der Waals surface area contributed by atoms with Crippen molar-refractivity contribution in [2.75, 3.05) is 0 Å². The van der Waals surface area contributed by atoms with Gasteiger partial charge in [-0.05, 0) is 46.1 Å². The van der Waals surface area contributed by atoms with Crippen LogP contribution in [0.2, 0.25) is 5.02 Å². The van der Waals surface area contributed by atoms with Gasteiger partial charge in [-0.15, -0.1) is 0 Å². The molecule has 0 spiro atoms. The zero-order valence-corrected chi connectivity index (χ0v) is 9.89. The highest BCUT2D eigenvalue weighted by Gasteiger charge is 2.06. The standard InChI is InChI=1S/C11H8BrClO/c1-7-9(3-2-4-10(7)13)8-5-11(12)14-6-8/h2-6H,1H3. The van der Waals surface area contributed by atoms with Gasteiger partial charge < -0.3 is 4.42 Å². The largest absolute Gasteiger partial charge is 0.457 e. The molecule has 2 rings (SSSR count). The molecule has 0 unspecified atom stereocenters. The van der Waals surface area contributed by atoms with Crippen molar-refractivity contribution in [3.63, 3.8) is 0 Å². The minimum atomic E-state index is 0.729. The summed E-state index contributed by atoms with van der Waals surface area (Å²) < 4.78 is 5.92. The maximum absolute atomic E-state index is 6.03. The van der Waals surface area contributed by atoms with Gasteiger partial charge in [-0.25, -0.2) is 0 Å². The first-order valence-electron chi connectivity index (χ1n) is 4.18. The Bertz CT molecular complexity index is 462. The number of hydrogen-bond acceptors (Lipinski definition) is 1. The van der Waals surface area contributed by atoms with Crippen LogP contribution in [0.5, 0.6) is 0 Å². The van der Waals surface area contributed by atoms with Crippen molar-refractivity contribution >= 4 is 27.5 Å². The fraction of sp³-hybridized carbons (Fsp3) is 0.0909. The third kappa shape index (κ3) is 1.72. The molecule has 0 bridgehead atoms. The van der Waals surface area contributed by atoms with E-state index < -0.39 is 0 Å². The second kappa shape index (κ2) is 3.79. The Kier molecular flexibility index (Phi) is 2.66. The van der Waals surface area contributed by atoms with E-state index in [2.05, 4.69) is 15.9 Å². The second-order valence-corrected chi connectivity index (χ2v) is 4.24. The predicted octanol–water partition coefficient (Wildman–Crippen LogP) is 4.67. The minimum absolute atomic E-state index is 0.729. The van der Waals surface area contributed by atoms with E-state index in [1.54, 1.807) is 6.26 Å². The Balaban J connectivity index is 2.57. The minimum Gasteiger partial charge on any atom is -0.457 e. The summed E-state index contributed by atoms with van der Waals surface area (Å²) in [6.45, 7) is 2.00. The van der Waals surface area contributed by atoms with E-state index in [4.69, 9.17) is 16.0 Å². The first kappa shape index (κ1) is 9.81. The lowest BCUT2D eigenvalue weighted by atomic mass is 10.0. The average molecular weight is 272 g/mol. The maximum Gasteiger partial charge on any atom is 0.169 e. The SMILES string of the molecule is Cc1c(Cl)cccc1-c1coc(Br)c1. The van der Waals surface area contributed by atoms with E-state index >= 15 is 0 Å². The van der Waals surface area contributed by atoms with E-state index in [0.29, 0.717) is 0 Å². The molecule has 0 aliphatic carbocycles. The van der Waals surface area contributed by atoms with Gasteiger partial charge in [0, 0.05) is 10.6 Å². The summed E-state index contributed by atoms with van der Waals surface area (Å²) in [7, 11) is 0. The molecule has 14 heavy (non-hydrogen) atoms. The molecule has 1 aromatic heterocycles. The van der Waals surface area contributed by atoms with Crippen molar-refractivity contribution in [2.45, 2.75) is 6.92 Å². The molecule has 0 aliphatic heterocycles. The van der Waals surface area contributed by atoms with Crippen LogP contribution in [0.15, 0.2) is 39.6 Å². The third-order valence-corrected chi connectivity index (χ3v) is 2.97. The summed E-state index contributed by atoms with van der Waals surface area (Å²) >= 11 is 9.30. The highest BCUT2D eigenvalue weighted by Crippen LogP contribution is 2.30. The van der Waals surface area contributed by atoms with Crippen LogP contribution in [0.25, 0.3) is 11.1 Å². The van der Waals surface area contributed by atoms with Crippen LogP contribution >= 0.6 is 27.5 Å². The topological polar surface area (TPSA) is 13.1 Å². The summed E-state index contributed by atoms with van der Waals surface area (Å²) in [5.41, 5.74) is 3.21. The Labute approximate surface area is 95.8 Å². The lowest BCUT2D eigenvalue weighted by Gasteiger charge is -2.03. The predicted molar refractivity (Wildman–Crippen MR) is 61.6 cm³/mol. The summed E-state index contributed by atoms with van der Waals surface area (Å²) in [5, 5.41) is 0.778. The van der Waals surface area contributed by atoms with E-state index in [-0.39, 0.29) is 0 Å². The van der Waals surface area contributed by atoms with Crippen LogP contribution in [0.3, 0.4) is 0 Å². The van der Waals surface area contributed by atoms with Gasteiger partial charge in [0.25, 0.3) is 0 Å². The Hall–Kier alpha value is -0.730. The van der Waals surface area contributed by atoms with Crippen molar-refractivity contribution < 1.29 is 4.42 Å². The molecule has 0 saturated heterocycles. The van der Waals surface area contributed by atoms with Gasteiger partial charge in [-0.1, -0.05) is 23.7 Å². The highest BCUT2D eigenvalue weighted by molar-refractivity contribution is 9.10. The Morgan fingerprint density at radius 1 is 1.36 bits per heavy atom. The van der Waals surface area contributed by atoms with Crippen LogP contribution in [0.1, 0.15) is 5.56 Å². The number of halogens is 2. The number of benzene rings is 1. The molecule has 1 nitrogen and oxygen atoms in total. The van der Waals surface area contributed by atoms with Gasteiger partial charge in [0.2, 0.25) is 0 Å². The summed E-state index contributed by atoms with van der Waals surface area (Å²) in [6.07, 6.45) is 1.71. The van der Waals surface area contributed by atoms with Gasteiger partial charge in [0.1, 0.15) is 0 Å². The van der Waals surface area contributed by atoms with Gasteiger partial charge in [-0.2, -0.15) is 0 Å². The molecular formula is C11H8BrClO. The van der Waals surface area contributed by atoms with Gasteiger partial charge in [0.15, 0.2) is 4.67 Å². The first-order valence-corrected chi connectivity index (χ1v) is 5.35. The molecule has 0 amide bonds. The molecular weight excluding hydrogens is 263 g/mol. The number of hydrogen-bond donors (Lipinski definition) is 0. The van der Waals surface area contributed by atoms with Crippen molar-refractivity contribution in [2.24, 2.45) is 0 Å². The van der Waals surface area contributed by atoms with Gasteiger partial charge >= 0.3 is 0 Å². The van der Waals surface area contributed by atoms with E-state index in [1.165, 1.54) is 0 Å². The highest BCUT2D eigenvalue weighted by atomic mass is 79.9. The second-order valence-electron chi connectivity index (χ2n) is 3.05. The maximum atomic E-state index is 6.03. The molecule has 1 aromatic carbocycles. The molecule has 0 saturated carbocycles. The van der Waals surface area contributed by atoms with E-state index in [1.807, 2.05) is 31.2 Å². The molecule has 1 heterocycles. The van der Waals surface area contributed by atoms with Crippen molar-refractivity contribution in [3.05, 3.63) is 45.8 Å². The number of rotatable bonds is 1. The zero-order chi connectivity index (χ0) is 10.1. The van der Waals surface area contributed by atoms with Crippen molar-refractivity contribution in [3.8, 4) is 11.1 Å².